The van der Waals surface area contributed by atoms with Gasteiger partial charge in [-0.25, -0.2) is 0 Å². The van der Waals surface area contributed by atoms with Gasteiger partial charge in [-0.05, 0) is 96.8 Å². The first-order valence-electron chi connectivity index (χ1n) is 16.5. The van der Waals surface area contributed by atoms with E-state index in [-0.39, 0.29) is 21.1 Å². The minimum atomic E-state index is -1.45. The molecule has 0 aromatic heterocycles. The average molecular weight is 738 g/mol. The summed E-state index contributed by atoms with van der Waals surface area (Å²) in [4.78, 5) is 3.25. The maximum Gasteiger partial charge on any atom is 0.0273 e. The van der Waals surface area contributed by atoms with E-state index >= 15 is 0 Å². The van der Waals surface area contributed by atoms with E-state index in [1.807, 2.05) is 0 Å². The average Bonchev–Trinajstić information content (AvgIpc) is 3.65. The largest absolute Gasteiger partial charge is 0.327 e. The van der Waals surface area contributed by atoms with Crippen molar-refractivity contribution in [3.8, 4) is 0 Å². The Morgan fingerprint density at radius 2 is 1.21 bits per heavy atom. The molecule has 2 heterocycles. The molecule has 0 radical (unpaired) electrons. The van der Waals surface area contributed by atoms with Crippen LogP contribution in [-0.4, -0.2) is 18.6 Å². The predicted molar refractivity (Wildman–Crippen MR) is 167 cm³/mol. The molecule has 38 heavy (non-hydrogen) atoms. The van der Waals surface area contributed by atoms with E-state index in [9.17, 15) is 0 Å². The third-order valence-electron chi connectivity index (χ3n) is 13.2. The van der Waals surface area contributed by atoms with Crippen LogP contribution in [0.4, 0.5) is 0 Å². The third-order valence-corrected chi connectivity index (χ3v) is 21.2. The van der Waals surface area contributed by atoms with E-state index in [1.54, 1.807) is 61.2 Å². The molecule has 5 aliphatic carbocycles. The summed E-state index contributed by atoms with van der Waals surface area (Å²) in [6, 6.07) is 0. The van der Waals surface area contributed by atoms with E-state index in [1.165, 1.54) is 32.1 Å². The molecule has 0 amide bonds. The minimum Gasteiger partial charge on any atom is -0.327 e. The minimum absolute atomic E-state index is 0. The summed E-state index contributed by atoms with van der Waals surface area (Å²) in [5, 5.41) is 1.77. The van der Waals surface area contributed by atoms with Gasteiger partial charge >= 0.3 is 0 Å². The quantitative estimate of drug-likeness (QED) is 0.208. The van der Waals surface area contributed by atoms with Crippen LogP contribution in [0.3, 0.4) is 0 Å². The van der Waals surface area contributed by atoms with E-state index < -0.39 is 8.07 Å². The van der Waals surface area contributed by atoms with Crippen LogP contribution >= 0.6 is 23.5 Å². The number of thioether (sulfide) groups is 2. The molecule has 0 aromatic rings. The topological polar surface area (TPSA) is 0 Å². The summed E-state index contributed by atoms with van der Waals surface area (Å²) >= 11 is 4.58. The monoisotopic (exact) mass is 737 g/mol. The second kappa shape index (κ2) is 11.6. The Bertz CT molecular complexity index is 881. The van der Waals surface area contributed by atoms with Gasteiger partial charge in [-0.1, -0.05) is 82.0 Å². The summed E-state index contributed by atoms with van der Waals surface area (Å²) in [5.41, 5.74) is 1.96. The zero-order chi connectivity index (χ0) is 25.3. The fraction of sp³-hybridized carbons (Fsp3) is 0.853. The molecule has 8 unspecified atom stereocenters. The van der Waals surface area contributed by atoms with E-state index in [4.69, 9.17) is 0 Å². The second-order valence-corrected chi connectivity index (χ2v) is 23.0. The van der Waals surface area contributed by atoms with Crippen molar-refractivity contribution in [1.29, 1.82) is 0 Å². The van der Waals surface area contributed by atoms with Crippen molar-refractivity contribution >= 4 is 31.6 Å². The molecule has 0 saturated heterocycles. The van der Waals surface area contributed by atoms with E-state index in [0.29, 0.717) is 0 Å². The molecule has 7 aliphatic rings. The first-order chi connectivity index (χ1) is 17.9. The van der Waals surface area contributed by atoms with Gasteiger partial charge < -0.3 is 6.42 Å². The van der Waals surface area contributed by atoms with Crippen molar-refractivity contribution in [3.63, 3.8) is 0 Å². The van der Waals surface area contributed by atoms with Crippen molar-refractivity contribution in [1.82, 2.24) is 0 Å². The normalized spacial score (nSPS) is 47.1. The number of rotatable bonds is 4. The summed E-state index contributed by atoms with van der Waals surface area (Å²) in [6.45, 7) is 10.5. The number of fused-ring (bicyclic) bond motifs is 4. The molecular formula is C34H53S2SiW-. The Morgan fingerprint density at radius 3 is 1.84 bits per heavy atom. The van der Waals surface area contributed by atoms with Crippen LogP contribution < -0.4 is 0 Å². The molecule has 0 aromatic carbocycles. The Labute approximate surface area is 258 Å². The molecule has 0 spiro atoms. The van der Waals surface area contributed by atoms with Gasteiger partial charge in [-0.15, -0.1) is 23.5 Å². The van der Waals surface area contributed by atoms with E-state index in [0.717, 1.165) is 68.9 Å². The van der Waals surface area contributed by atoms with Gasteiger partial charge in [0.25, 0.3) is 0 Å². The molecule has 0 nitrogen and oxygen atoms in total. The van der Waals surface area contributed by atoms with Crippen molar-refractivity contribution in [2.24, 2.45) is 47.3 Å². The van der Waals surface area contributed by atoms with Gasteiger partial charge in [0.05, 0.1) is 0 Å². The molecule has 7 rings (SSSR count). The van der Waals surface area contributed by atoms with Crippen LogP contribution in [0, 0.1) is 53.8 Å². The summed E-state index contributed by atoms with van der Waals surface area (Å²) < 4.78 is 0. The van der Waals surface area contributed by atoms with Gasteiger partial charge in [0, 0.05) is 39.6 Å². The third kappa shape index (κ3) is 5.02. The van der Waals surface area contributed by atoms with Crippen LogP contribution in [-0.2, 0) is 21.1 Å². The van der Waals surface area contributed by atoms with Gasteiger partial charge in [0.15, 0.2) is 0 Å². The molecule has 8 atom stereocenters. The maximum atomic E-state index is 2.97. The standard InChI is InChI=1S/C34H53S2Si.W/c1-21-19-29-30-20-22(2)36-33(30)34(32(29)35-21)37(3,4)31-18-17-27-26(11-8-12-28(27)31)25-15-13-24(14-16-25)23-9-6-5-7-10-23;/h18-20,23-34H,5-17H2,1-4H3;/q-1;. The Kier molecular flexibility index (Phi) is 8.93. The molecule has 5 fully saturated rings. The Balaban J connectivity index is 0.00000264. The molecule has 0 N–H and O–H groups in total. The summed E-state index contributed by atoms with van der Waals surface area (Å²) in [7, 11) is -1.45. The van der Waals surface area contributed by atoms with Crippen molar-refractivity contribution in [3.05, 3.63) is 28.4 Å². The SMILES string of the molecule is CC1=CC2C3C=C(C)SC3C([Si](C)(C)C3[CH-]CC4C(C5CCC(C6CCCCC6)CC5)CCCC43)C2S1.[W]. The van der Waals surface area contributed by atoms with E-state index in [2.05, 4.69) is 69.0 Å². The maximum absolute atomic E-state index is 2.97. The zero-order valence-corrected chi connectivity index (χ0v) is 30.1. The first kappa shape index (κ1) is 29.2. The molecule has 5 saturated carbocycles. The fourth-order valence-electron chi connectivity index (χ4n) is 11.6. The molecule has 212 valence electrons. The van der Waals surface area contributed by atoms with Crippen LogP contribution in [0.15, 0.2) is 22.0 Å². The van der Waals surface area contributed by atoms with Crippen LogP contribution in [0.5, 0.6) is 0 Å². The van der Waals surface area contributed by atoms with Gasteiger partial charge in [0.2, 0.25) is 0 Å². The van der Waals surface area contributed by atoms with Crippen molar-refractivity contribution < 1.29 is 21.1 Å². The van der Waals surface area contributed by atoms with Crippen molar-refractivity contribution in [2.75, 3.05) is 0 Å². The summed E-state index contributed by atoms with van der Waals surface area (Å²) in [5.74, 6) is 8.06. The van der Waals surface area contributed by atoms with Crippen molar-refractivity contribution in [2.45, 2.75) is 132 Å². The Morgan fingerprint density at radius 1 is 0.658 bits per heavy atom. The smallest absolute Gasteiger partial charge is 0.0273 e. The zero-order valence-electron chi connectivity index (χ0n) is 24.6. The van der Waals surface area contributed by atoms with Crippen LogP contribution in [0.25, 0.3) is 0 Å². The Hall–Kier alpha value is 1.09. The van der Waals surface area contributed by atoms with Gasteiger partial charge in [0.1, 0.15) is 0 Å². The predicted octanol–water partition coefficient (Wildman–Crippen LogP) is 10.7. The first-order valence-corrected chi connectivity index (χ1v) is 21.4. The van der Waals surface area contributed by atoms with Gasteiger partial charge in [-0.2, -0.15) is 12.0 Å². The van der Waals surface area contributed by atoms with Crippen LogP contribution in [0.1, 0.15) is 97.3 Å². The van der Waals surface area contributed by atoms with Gasteiger partial charge in [-0.3, -0.25) is 0 Å². The second-order valence-electron chi connectivity index (χ2n) is 15.2. The molecule has 2 aliphatic heterocycles. The number of hydrogen-bond donors (Lipinski definition) is 0. The molecule has 4 heteroatoms. The number of hydrogen-bond acceptors (Lipinski definition) is 2. The van der Waals surface area contributed by atoms with Crippen LogP contribution in [0.2, 0.25) is 24.2 Å². The summed E-state index contributed by atoms with van der Waals surface area (Å²) in [6.07, 6.45) is 28.5. The fourth-order valence-corrected chi connectivity index (χ4v) is 21.9. The molecular weight excluding hydrogens is 684 g/mol. The number of allylic oxidation sites excluding steroid dienone is 4. The molecule has 0 bridgehead atoms.